The summed E-state index contributed by atoms with van der Waals surface area (Å²) in [5, 5.41) is 0. The normalized spacial score (nSPS) is 12.5. The van der Waals surface area contributed by atoms with Crippen molar-refractivity contribution in [1.82, 2.24) is 5.43 Å². The molecule has 2 heteroatoms. The molecule has 0 fully saturated rings. The fourth-order valence-corrected chi connectivity index (χ4v) is 2.75. The zero-order valence-corrected chi connectivity index (χ0v) is 12.1. The Morgan fingerprint density at radius 3 is 1.84 bits per heavy atom. The van der Waals surface area contributed by atoms with Crippen LogP contribution in [0.5, 0.6) is 0 Å². The van der Waals surface area contributed by atoms with Gasteiger partial charge in [-0.05, 0) is 49.9 Å². The number of rotatable bonds is 3. The van der Waals surface area contributed by atoms with Crippen LogP contribution in [0.4, 0.5) is 0 Å². The number of benzene rings is 2. The molecule has 0 saturated heterocycles. The van der Waals surface area contributed by atoms with Crippen molar-refractivity contribution in [1.29, 1.82) is 0 Å². The summed E-state index contributed by atoms with van der Waals surface area (Å²) in [5.41, 5.74) is 10.5. The molecule has 19 heavy (non-hydrogen) atoms. The lowest BCUT2D eigenvalue weighted by atomic mass is 9.90. The van der Waals surface area contributed by atoms with Gasteiger partial charge in [-0.25, -0.2) is 5.43 Å². The molecule has 0 heterocycles. The van der Waals surface area contributed by atoms with Gasteiger partial charge in [0.1, 0.15) is 0 Å². The molecule has 2 aromatic carbocycles. The molecule has 2 nitrogen and oxygen atoms in total. The van der Waals surface area contributed by atoms with Crippen LogP contribution >= 0.6 is 0 Å². The Morgan fingerprint density at radius 2 is 1.37 bits per heavy atom. The van der Waals surface area contributed by atoms with Gasteiger partial charge in [-0.1, -0.05) is 47.5 Å². The number of nitrogens with one attached hydrogen (secondary N) is 1. The van der Waals surface area contributed by atoms with E-state index < -0.39 is 0 Å². The molecule has 0 amide bonds. The lowest BCUT2D eigenvalue weighted by Crippen LogP contribution is -2.30. The molecule has 0 aliphatic carbocycles. The van der Waals surface area contributed by atoms with Crippen molar-refractivity contribution >= 4 is 0 Å². The Kier molecular flexibility index (Phi) is 4.03. The minimum atomic E-state index is 0.0428. The van der Waals surface area contributed by atoms with E-state index in [9.17, 15) is 0 Å². The highest BCUT2D eigenvalue weighted by molar-refractivity contribution is 5.44. The molecule has 0 aromatic heterocycles. The van der Waals surface area contributed by atoms with Crippen LogP contribution in [0.1, 0.15) is 39.4 Å². The monoisotopic (exact) mass is 254 g/mol. The topological polar surface area (TPSA) is 38.0 Å². The van der Waals surface area contributed by atoms with E-state index in [1.54, 1.807) is 0 Å². The Labute approximate surface area is 115 Å². The average molecular weight is 254 g/mol. The largest absolute Gasteiger partial charge is 0.271 e. The summed E-state index contributed by atoms with van der Waals surface area (Å²) in [5.74, 6) is 5.80. The smallest absolute Gasteiger partial charge is 0.0715 e. The van der Waals surface area contributed by atoms with E-state index in [0.717, 1.165) is 0 Å². The molecular weight excluding hydrogens is 232 g/mol. The van der Waals surface area contributed by atoms with Crippen LogP contribution in [0.3, 0.4) is 0 Å². The summed E-state index contributed by atoms with van der Waals surface area (Å²) in [6, 6.07) is 13.0. The van der Waals surface area contributed by atoms with Crippen LogP contribution in [-0.2, 0) is 0 Å². The van der Waals surface area contributed by atoms with Crippen molar-refractivity contribution in [3.8, 4) is 0 Å². The van der Waals surface area contributed by atoms with E-state index in [1.807, 2.05) is 0 Å². The first-order valence-corrected chi connectivity index (χ1v) is 6.63. The second kappa shape index (κ2) is 5.55. The van der Waals surface area contributed by atoms with Crippen LogP contribution in [0.25, 0.3) is 0 Å². The van der Waals surface area contributed by atoms with E-state index >= 15 is 0 Å². The minimum absolute atomic E-state index is 0.0428. The van der Waals surface area contributed by atoms with E-state index in [2.05, 4.69) is 69.5 Å². The van der Waals surface area contributed by atoms with Gasteiger partial charge in [0.05, 0.1) is 6.04 Å². The minimum Gasteiger partial charge on any atom is -0.271 e. The molecule has 0 bridgehead atoms. The standard InChI is InChI=1S/C17H22N2/c1-11-5-7-15(8-6-11)17(19-18)16-13(3)9-12(2)10-14(16)4/h5-10,17,19H,18H2,1-4H3. The summed E-state index contributed by atoms with van der Waals surface area (Å²) in [6.07, 6.45) is 0. The fourth-order valence-electron chi connectivity index (χ4n) is 2.75. The molecule has 0 aliphatic rings. The van der Waals surface area contributed by atoms with Crippen LogP contribution in [0.2, 0.25) is 0 Å². The molecule has 0 saturated carbocycles. The number of nitrogens with two attached hydrogens (primary N) is 1. The molecule has 2 rings (SSSR count). The summed E-state index contributed by atoms with van der Waals surface area (Å²) >= 11 is 0. The summed E-state index contributed by atoms with van der Waals surface area (Å²) in [6.45, 7) is 8.51. The summed E-state index contributed by atoms with van der Waals surface area (Å²) in [4.78, 5) is 0. The Bertz CT molecular complexity index is 547. The number of hydrogen-bond donors (Lipinski definition) is 2. The zero-order chi connectivity index (χ0) is 14.0. The molecule has 1 atom stereocenters. The van der Waals surface area contributed by atoms with E-state index in [-0.39, 0.29) is 6.04 Å². The van der Waals surface area contributed by atoms with Gasteiger partial charge in [-0.2, -0.15) is 0 Å². The molecule has 0 radical (unpaired) electrons. The van der Waals surface area contributed by atoms with Crippen molar-refractivity contribution in [3.05, 3.63) is 69.8 Å². The van der Waals surface area contributed by atoms with Gasteiger partial charge in [0.25, 0.3) is 0 Å². The molecule has 2 aromatic rings. The lowest BCUT2D eigenvalue weighted by Gasteiger charge is -2.22. The van der Waals surface area contributed by atoms with Crippen molar-refractivity contribution in [3.63, 3.8) is 0 Å². The van der Waals surface area contributed by atoms with Crippen LogP contribution in [0, 0.1) is 27.7 Å². The second-order valence-corrected chi connectivity index (χ2v) is 5.32. The number of hydrazine groups is 1. The van der Waals surface area contributed by atoms with E-state index in [1.165, 1.54) is 33.4 Å². The highest BCUT2D eigenvalue weighted by atomic mass is 15.2. The Morgan fingerprint density at radius 1 is 0.842 bits per heavy atom. The summed E-state index contributed by atoms with van der Waals surface area (Å²) in [7, 11) is 0. The lowest BCUT2D eigenvalue weighted by molar-refractivity contribution is 0.630. The fraction of sp³-hybridized carbons (Fsp3) is 0.294. The predicted octanol–water partition coefficient (Wildman–Crippen LogP) is 3.47. The first-order valence-electron chi connectivity index (χ1n) is 6.63. The highest BCUT2D eigenvalue weighted by Crippen LogP contribution is 2.28. The first-order chi connectivity index (χ1) is 9.02. The van der Waals surface area contributed by atoms with Crippen molar-refractivity contribution in [2.24, 2.45) is 5.84 Å². The molecule has 3 N–H and O–H groups in total. The van der Waals surface area contributed by atoms with Gasteiger partial charge in [0, 0.05) is 0 Å². The Hall–Kier alpha value is -1.64. The molecule has 100 valence electrons. The van der Waals surface area contributed by atoms with Crippen LogP contribution < -0.4 is 11.3 Å². The third-order valence-electron chi connectivity index (χ3n) is 3.60. The van der Waals surface area contributed by atoms with Crippen molar-refractivity contribution < 1.29 is 0 Å². The van der Waals surface area contributed by atoms with E-state index in [4.69, 9.17) is 5.84 Å². The third-order valence-corrected chi connectivity index (χ3v) is 3.60. The van der Waals surface area contributed by atoms with Crippen molar-refractivity contribution in [2.45, 2.75) is 33.7 Å². The van der Waals surface area contributed by atoms with Gasteiger partial charge < -0.3 is 0 Å². The quantitative estimate of drug-likeness (QED) is 0.650. The van der Waals surface area contributed by atoms with Crippen LogP contribution in [0.15, 0.2) is 36.4 Å². The number of hydrogen-bond acceptors (Lipinski definition) is 2. The summed E-state index contributed by atoms with van der Waals surface area (Å²) < 4.78 is 0. The molecule has 0 aliphatic heterocycles. The number of aryl methyl sites for hydroxylation is 4. The second-order valence-electron chi connectivity index (χ2n) is 5.32. The molecule has 0 spiro atoms. The van der Waals surface area contributed by atoms with E-state index in [0.29, 0.717) is 0 Å². The van der Waals surface area contributed by atoms with Gasteiger partial charge in [0.15, 0.2) is 0 Å². The molecular formula is C17H22N2. The highest BCUT2D eigenvalue weighted by Gasteiger charge is 2.17. The zero-order valence-electron chi connectivity index (χ0n) is 12.1. The van der Waals surface area contributed by atoms with Crippen LogP contribution in [-0.4, -0.2) is 0 Å². The Balaban J connectivity index is 2.51. The predicted molar refractivity (Wildman–Crippen MR) is 81.0 cm³/mol. The SMILES string of the molecule is Cc1ccc(C(NN)c2c(C)cc(C)cc2C)cc1. The average Bonchev–Trinajstić information content (AvgIpc) is 2.35. The van der Waals surface area contributed by atoms with Gasteiger partial charge in [-0.15, -0.1) is 0 Å². The van der Waals surface area contributed by atoms with Gasteiger partial charge in [-0.3, -0.25) is 5.84 Å². The maximum absolute atomic E-state index is 5.80. The molecule has 1 unspecified atom stereocenters. The van der Waals surface area contributed by atoms with Gasteiger partial charge in [0.2, 0.25) is 0 Å². The first kappa shape index (κ1) is 13.8. The van der Waals surface area contributed by atoms with Gasteiger partial charge >= 0.3 is 0 Å². The maximum Gasteiger partial charge on any atom is 0.0715 e. The van der Waals surface area contributed by atoms with Crippen molar-refractivity contribution in [2.75, 3.05) is 0 Å². The maximum atomic E-state index is 5.80. The third kappa shape index (κ3) is 2.86.